The van der Waals surface area contributed by atoms with Crippen molar-refractivity contribution in [2.75, 3.05) is 6.61 Å². The number of benzene rings is 1. The smallest absolute Gasteiger partial charge is 0.293 e. The molecule has 0 radical (unpaired) electrons. The normalized spacial score (nSPS) is 42.3. The molecule has 0 amide bonds. The third kappa shape index (κ3) is 1.74. The average Bonchev–Trinajstić information content (AvgIpc) is 2.82. The van der Waals surface area contributed by atoms with Crippen LogP contribution in [0.15, 0.2) is 35.3 Å². The Hall–Kier alpha value is -2.41. The van der Waals surface area contributed by atoms with E-state index in [0.717, 1.165) is 5.56 Å². The predicted octanol–water partition coefficient (Wildman–Crippen LogP) is 2.85. The lowest BCUT2D eigenvalue weighted by Gasteiger charge is -2.35. The van der Waals surface area contributed by atoms with E-state index in [4.69, 9.17) is 15.2 Å². The van der Waals surface area contributed by atoms with Gasteiger partial charge in [-0.1, -0.05) is 51.1 Å². The fourth-order valence-corrected chi connectivity index (χ4v) is 5.68. The molecular formula is C21H24N4O2. The Kier molecular flexibility index (Phi) is 3.39. The fraction of sp³-hybridized carbons (Fsp3) is 0.571. The van der Waals surface area contributed by atoms with Crippen molar-refractivity contribution >= 4 is 5.84 Å². The van der Waals surface area contributed by atoms with Crippen LogP contribution in [0, 0.1) is 38.9 Å². The monoisotopic (exact) mass is 364 g/mol. The number of nitriles is 2. The lowest BCUT2D eigenvalue weighted by atomic mass is 9.72. The molecule has 0 unspecified atom stereocenters. The van der Waals surface area contributed by atoms with Gasteiger partial charge in [0.05, 0.1) is 24.8 Å². The summed E-state index contributed by atoms with van der Waals surface area (Å²) in [6.07, 6.45) is 0.359. The molecule has 0 bridgehead atoms. The highest BCUT2D eigenvalue weighted by Crippen LogP contribution is 2.87. The molecule has 1 spiro atoms. The molecule has 27 heavy (non-hydrogen) atoms. The second-order valence-corrected chi connectivity index (χ2v) is 8.80. The summed E-state index contributed by atoms with van der Waals surface area (Å²) in [6.45, 7) is 8.38. The van der Waals surface area contributed by atoms with Crippen LogP contribution >= 0.6 is 0 Å². The maximum atomic E-state index is 10.3. The van der Waals surface area contributed by atoms with Crippen molar-refractivity contribution in [3.63, 3.8) is 0 Å². The van der Waals surface area contributed by atoms with Gasteiger partial charge in [0.1, 0.15) is 11.3 Å². The molecule has 1 saturated carbocycles. The van der Waals surface area contributed by atoms with Crippen LogP contribution < -0.4 is 5.73 Å². The van der Waals surface area contributed by atoms with Gasteiger partial charge in [-0.3, -0.25) is 0 Å². The first-order chi connectivity index (χ1) is 12.7. The number of hydrogen-bond donors (Lipinski definition) is 1. The number of fused-ring (bicyclic) bond motifs is 2. The molecule has 1 aromatic carbocycles. The maximum absolute atomic E-state index is 10.3. The minimum atomic E-state index is -1.50. The lowest BCUT2D eigenvalue weighted by Crippen LogP contribution is -2.42. The van der Waals surface area contributed by atoms with E-state index in [0.29, 0.717) is 13.0 Å². The largest absolute Gasteiger partial charge is 0.386 e. The van der Waals surface area contributed by atoms with Crippen molar-refractivity contribution in [1.29, 1.82) is 10.5 Å². The molecule has 6 nitrogen and oxygen atoms in total. The Balaban J connectivity index is 1.83. The SMILES string of the molecule is C[C@H]1CO[C@]2(N=C(N)[C@@]3(C#N)[C@](C)(CC(C)(C)c4ccccc4)[C@@]23C#N)O1. The second kappa shape index (κ2) is 5.10. The zero-order valence-electron chi connectivity index (χ0n) is 16.1. The minimum Gasteiger partial charge on any atom is -0.386 e. The highest BCUT2D eigenvalue weighted by atomic mass is 16.8. The summed E-state index contributed by atoms with van der Waals surface area (Å²) < 4.78 is 11.9. The van der Waals surface area contributed by atoms with E-state index < -0.39 is 22.2 Å². The van der Waals surface area contributed by atoms with Crippen LogP contribution in [0.5, 0.6) is 0 Å². The summed E-state index contributed by atoms with van der Waals surface area (Å²) in [6, 6.07) is 14.8. The van der Waals surface area contributed by atoms with E-state index in [9.17, 15) is 10.5 Å². The summed E-state index contributed by atoms with van der Waals surface area (Å²) >= 11 is 0. The first kappa shape index (κ1) is 18.0. The number of amidine groups is 1. The zero-order valence-corrected chi connectivity index (χ0v) is 16.1. The van der Waals surface area contributed by atoms with E-state index in [1.807, 2.05) is 32.0 Å². The molecule has 2 aliphatic heterocycles. The molecule has 2 heterocycles. The van der Waals surface area contributed by atoms with Crippen molar-refractivity contribution < 1.29 is 9.47 Å². The number of nitrogens with two attached hydrogens (primary N) is 1. The molecule has 4 rings (SSSR count). The number of aliphatic imine (C=N–C) groups is 1. The molecule has 0 aromatic heterocycles. The first-order valence-corrected chi connectivity index (χ1v) is 9.22. The zero-order chi connectivity index (χ0) is 19.7. The maximum Gasteiger partial charge on any atom is 0.293 e. The highest BCUT2D eigenvalue weighted by molar-refractivity contribution is 6.00. The number of nitrogens with zero attached hydrogens (tertiary/aromatic N) is 3. The summed E-state index contributed by atoms with van der Waals surface area (Å²) in [5.41, 5.74) is 3.91. The molecule has 2 N–H and O–H groups in total. The Morgan fingerprint density at radius 2 is 1.93 bits per heavy atom. The van der Waals surface area contributed by atoms with Gasteiger partial charge < -0.3 is 15.2 Å². The second-order valence-electron chi connectivity index (χ2n) is 8.80. The quantitative estimate of drug-likeness (QED) is 0.888. The van der Waals surface area contributed by atoms with Gasteiger partial charge in [-0.25, -0.2) is 4.99 Å². The Morgan fingerprint density at radius 3 is 2.44 bits per heavy atom. The number of rotatable bonds is 3. The van der Waals surface area contributed by atoms with Crippen molar-refractivity contribution in [1.82, 2.24) is 0 Å². The summed E-state index contributed by atoms with van der Waals surface area (Å²) in [7, 11) is 0. The van der Waals surface area contributed by atoms with E-state index >= 15 is 0 Å². The Morgan fingerprint density at radius 1 is 1.26 bits per heavy atom. The van der Waals surface area contributed by atoms with Crippen LogP contribution in [0.4, 0.5) is 0 Å². The topological polar surface area (TPSA) is 104 Å². The third-order valence-electron chi connectivity index (χ3n) is 6.84. The van der Waals surface area contributed by atoms with Crippen molar-refractivity contribution in [2.45, 2.75) is 51.5 Å². The molecule has 1 aromatic rings. The van der Waals surface area contributed by atoms with Crippen LogP contribution in [-0.4, -0.2) is 24.5 Å². The molecule has 1 aliphatic carbocycles. The van der Waals surface area contributed by atoms with E-state index in [1.165, 1.54) is 0 Å². The van der Waals surface area contributed by atoms with Crippen molar-refractivity contribution in [3.05, 3.63) is 35.9 Å². The van der Waals surface area contributed by atoms with Gasteiger partial charge >= 0.3 is 0 Å². The van der Waals surface area contributed by atoms with E-state index in [1.54, 1.807) is 0 Å². The third-order valence-corrected chi connectivity index (χ3v) is 6.84. The van der Waals surface area contributed by atoms with Crippen LogP contribution in [0.1, 0.15) is 39.7 Å². The Labute approximate surface area is 159 Å². The molecule has 1 saturated heterocycles. The van der Waals surface area contributed by atoms with E-state index in [-0.39, 0.29) is 17.4 Å². The molecule has 2 fully saturated rings. The van der Waals surface area contributed by atoms with Gasteiger partial charge in [-0.2, -0.15) is 10.5 Å². The van der Waals surface area contributed by atoms with Gasteiger partial charge in [0.15, 0.2) is 5.41 Å². The van der Waals surface area contributed by atoms with Crippen LogP contribution in [0.25, 0.3) is 0 Å². The van der Waals surface area contributed by atoms with Crippen molar-refractivity contribution in [3.8, 4) is 12.1 Å². The van der Waals surface area contributed by atoms with Crippen LogP contribution in [-0.2, 0) is 14.9 Å². The average molecular weight is 364 g/mol. The predicted molar refractivity (Wildman–Crippen MR) is 99.1 cm³/mol. The van der Waals surface area contributed by atoms with Crippen LogP contribution in [0.3, 0.4) is 0 Å². The Bertz CT molecular complexity index is 914. The lowest BCUT2D eigenvalue weighted by molar-refractivity contribution is -0.200. The summed E-state index contributed by atoms with van der Waals surface area (Å²) in [4.78, 5) is 4.39. The fourth-order valence-electron chi connectivity index (χ4n) is 5.68. The van der Waals surface area contributed by atoms with Gasteiger partial charge in [0.2, 0.25) is 0 Å². The molecule has 6 heteroatoms. The first-order valence-electron chi connectivity index (χ1n) is 9.22. The molecule has 140 valence electrons. The minimum absolute atomic E-state index is 0.145. The van der Waals surface area contributed by atoms with Gasteiger partial charge in [0, 0.05) is 5.41 Å². The highest BCUT2D eigenvalue weighted by Gasteiger charge is 3.00. The molecule has 5 atom stereocenters. The number of hydrogen-bond acceptors (Lipinski definition) is 6. The molecular weight excluding hydrogens is 340 g/mol. The van der Waals surface area contributed by atoms with Gasteiger partial charge in [-0.15, -0.1) is 0 Å². The standard InChI is InChI=1S/C21H24N4O2/c1-14-10-26-21(27-14)20(13-23)18(4,19(20,12-22)16(24)25-21)11-17(2,3)15-8-6-5-7-9-15/h5-9,14H,10-11H2,1-4H3,(H2,24,25)/t14-,18-,19-,20+,21-/m0/s1. The summed E-state index contributed by atoms with van der Waals surface area (Å²) in [5.74, 6) is -1.35. The van der Waals surface area contributed by atoms with Gasteiger partial charge in [0.25, 0.3) is 5.91 Å². The van der Waals surface area contributed by atoms with Gasteiger partial charge in [-0.05, 0) is 24.3 Å². The van der Waals surface area contributed by atoms with Crippen LogP contribution in [0.2, 0.25) is 0 Å². The summed E-state index contributed by atoms with van der Waals surface area (Å²) in [5, 5.41) is 20.5. The van der Waals surface area contributed by atoms with Crippen molar-refractivity contribution in [2.24, 2.45) is 27.0 Å². The van der Waals surface area contributed by atoms with E-state index in [2.05, 4.69) is 43.1 Å². The number of ether oxygens (including phenoxy) is 2. The molecule has 3 aliphatic rings.